The maximum atomic E-state index is 12.2. The van der Waals surface area contributed by atoms with Crippen molar-refractivity contribution in [2.45, 2.75) is 57.0 Å². The van der Waals surface area contributed by atoms with E-state index >= 15 is 0 Å². The van der Waals surface area contributed by atoms with Crippen LogP contribution in [0.4, 0.5) is 0 Å². The second-order valence-electron chi connectivity index (χ2n) is 5.01. The third-order valence-corrected chi connectivity index (χ3v) is 4.51. The van der Waals surface area contributed by atoms with E-state index in [1.54, 1.807) is 30.3 Å². The molecular formula is C16H24O3S. The smallest absolute Gasteiger partial charge is 0.263 e. The lowest BCUT2D eigenvalue weighted by atomic mass is 10.1. The highest BCUT2D eigenvalue weighted by Crippen LogP contribution is 2.19. The third-order valence-electron chi connectivity index (χ3n) is 3.13. The predicted octanol–water partition coefficient (Wildman–Crippen LogP) is 4.23. The van der Waals surface area contributed by atoms with E-state index in [0.29, 0.717) is 6.42 Å². The number of rotatable bonds is 9. The van der Waals surface area contributed by atoms with Crippen LogP contribution in [0.2, 0.25) is 0 Å². The van der Waals surface area contributed by atoms with Crippen molar-refractivity contribution in [3.8, 4) is 0 Å². The molecule has 112 valence electrons. The number of aryl methyl sites for hydroxylation is 1. The lowest BCUT2D eigenvalue weighted by molar-refractivity contribution is 0.197. The Hall–Kier alpha value is -1.13. The molecule has 1 aromatic carbocycles. The summed E-state index contributed by atoms with van der Waals surface area (Å²) in [5.74, 6) is 0. The van der Waals surface area contributed by atoms with E-state index in [9.17, 15) is 8.42 Å². The van der Waals surface area contributed by atoms with Gasteiger partial charge in [-0.05, 0) is 31.9 Å². The van der Waals surface area contributed by atoms with Crippen molar-refractivity contribution in [1.29, 1.82) is 0 Å². The Morgan fingerprint density at radius 3 is 2.45 bits per heavy atom. The van der Waals surface area contributed by atoms with Crippen LogP contribution in [-0.4, -0.2) is 14.5 Å². The summed E-state index contributed by atoms with van der Waals surface area (Å²) in [6.45, 7) is 7.70. The van der Waals surface area contributed by atoms with Crippen LogP contribution < -0.4 is 0 Å². The Balaban J connectivity index is 2.74. The minimum Gasteiger partial charge on any atom is -0.263 e. The number of unbranched alkanes of at least 4 members (excludes halogenated alkanes) is 2. The molecule has 0 saturated carbocycles. The summed E-state index contributed by atoms with van der Waals surface area (Å²) in [5, 5.41) is 0. The molecule has 0 heterocycles. The van der Waals surface area contributed by atoms with Crippen LogP contribution >= 0.6 is 0 Å². The van der Waals surface area contributed by atoms with Gasteiger partial charge in [-0.2, -0.15) is 8.42 Å². The van der Waals surface area contributed by atoms with E-state index in [1.807, 2.05) is 6.92 Å². The highest BCUT2D eigenvalue weighted by atomic mass is 32.2. The fourth-order valence-corrected chi connectivity index (χ4v) is 3.07. The normalized spacial score (nSPS) is 13.1. The van der Waals surface area contributed by atoms with E-state index < -0.39 is 10.1 Å². The molecule has 0 unspecified atom stereocenters. The molecule has 0 fully saturated rings. The van der Waals surface area contributed by atoms with Crippen molar-refractivity contribution in [2.24, 2.45) is 0 Å². The van der Waals surface area contributed by atoms with Gasteiger partial charge in [-0.1, -0.05) is 50.0 Å². The Kier molecular flexibility index (Phi) is 6.96. The molecule has 0 radical (unpaired) electrons. The molecule has 1 rings (SSSR count). The molecular weight excluding hydrogens is 272 g/mol. The van der Waals surface area contributed by atoms with Crippen LogP contribution in [0.1, 0.15) is 44.6 Å². The molecule has 0 aliphatic heterocycles. The number of hydrogen-bond acceptors (Lipinski definition) is 3. The van der Waals surface area contributed by atoms with E-state index in [2.05, 4.69) is 13.5 Å². The van der Waals surface area contributed by atoms with Gasteiger partial charge in [0, 0.05) is 0 Å². The highest BCUT2D eigenvalue weighted by Gasteiger charge is 2.20. The molecule has 0 spiro atoms. The lowest BCUT2D eigenvalue weighted by Crippen LogP contribution is -2.18. The van der Waals surface area contributed by atoms with Crippen LogP contribution in [0, 0.1) is 6.92 Å². The van der Waals surface area contributed by atoms with Crippen molar-refractivity contribution in [3.05, 3.63) is 42.5 Å². The van der Waals surface area contributed by atoms with Gasteiger partial charge in [0.05, 0.1) is 11.0 Å². The Morgan fingerprint density at radius 2 is 1.90 bits per heavy atom. The van der Waals surface area contributed by atoms with Crippen LogP contribution in [-0.2, 0) is 14.3 Å². The molecule has 0 N–H and O–H groups in total. The van der Waals surface area contributed by atoms with Crippen LogP contribution in [0.15, 0.2) is 41.8 Å². The lowest BCUT2D eigenvalue weighted by Gasteiger charge is -2.16. The Bertz CT molecular complexity index is 503. The minimum atomic E-state index is -3.68. The van der Waals surface area contributed by atoms with Gasteiger partial charge in [0.25, 0.3) is 10.1 Å². The summed E-state index contributed by atoms with van der Waals surface area (Å²) < 4.78 is 29.8. The molecule has 0 aliphatic carbocycles. The molecule has 0 aliphatic rings. The molecule has 3 nitrogen and oxygen atoms in total. The molecule has 0 amide bonds. The first kappa shape index (κ1) is 16.9. The molecule has 0 aromatic heterocycles. The maximum absolute atomic E-state index is 12.2. The average Bonchev–Trinajstić information content (AvgIpc) is 2.39. The second kappa shape index (κ2) is 8.22. The van der Waals surface area contributed by atoms with Gasteiger partial charge in [0.1, 0.15) is 0 Å². The van der Waals surface area contributed by atoms with E-state index in [4.69, 9.17) is 4.18 Å². The Labute approximate surface area is 122 Å². The summed E-state index contributed by atoms with van der Waals surface area (Å²) in [7, 11) is -3.68. The van der Waals surface area contributed by atoms with E-state index in [0.717, 1.165) is 31.2 Å². The summed E-state index contributed by atoms with van der Waals surface area (Å²) >= 11 is 0. The minimum absolute atomic E-state index is 0.215. The van der Waals surface area contributed by atoms with Crippen molar-refractivity contribution in [3.63, 3.8) is 0 Å². The highest BCUT2D eigenvalue weighted by molar-refractivity contribution is 7.86. The standard InChI is InChI=1S/C16H24O3S/c1-4-6-7-9-15(8-5-2)19-20(17,18)16-12-10-14(3)11-13-16/h5,10-13,15H,2,4,6-9H2,1,3H3/t15-/m0/s1. The van der Waals surface area contributed by atoms with Crippen molar-refractivity contribution in [1.82, 2.24) is 0 Å². The first-order valence-corrected chi connectivity index (χ1v) is 8.51. The van der Waals surface area contributed by atoms with Gasteiger partial charge in [0.2, 0.25) is 0 Å². The fraction of sp³-hybridized carbons (Fsp3) is 0.500. The van der Waals surface area contributed by atoms with Crippen molar-refractivity contribution < 1.29 is 12.6 Å². The SMILES string of the molecule is C=CC[C@@H](CCCCC)OS(=O)(=O)c1ccc(C)cc1. The maximum Gasteiger partial charge on any atom is 0.297 e. The molecule has 1 atom stereocenters. The first-order chi connectivity index (χ1) is 9.49. The third kappa shape index (κ3) is 5.47. The quantitative estimate of drug-likeness (QED) is 0.389. The summed E-state index contributed by atoms with van der Waals surface area (Å²) in [6, 6.07) is 6.72. The predicted molar refractivity (Wildman–Crippen MR) is 82.2 cm³/mol. The summed E-state index contributed by atoms with van der Waals surface area (Å²) in [6.07, 6.45) is 5.84. The zero-order chi connectivity index (χ0) is 15.0. The molecule has 0 bridgehead atoms. The zero-order valence-corrected chi connectivity index (χ0v) is 13.2. The largest absolute Gasteiger partial charge is 0.297 e. The van der Waals surface area contributed by atoms with Crippen LogP contribution in [0.25, 0.3) is 0 Å². The summed E-state index contributed by atoms with van der Waals surface area (Å²) in [4.78, 5) is 0.215. The number of benzene rings is 1. The summed E-state index contributed by atoms with van der Waals surface area (Å²) in [5.41, 5.74) is 1.02. The van der Waals surface area contributed by atoms with Crippen LogP contribution in [0.3, 0.4) is 0 Å². The van der Waals surface area contributed by atoms with Gasteiger partial charge >= 0.3 is 0 Å². The molecule has 0 saturated heterocycles. The van der Waals surface area contributed by atoms with Gasteiger partial charge in [-0.3, -0.25) is 4.18 Å². The average molecular weight is 296 g/mol. The van der Waals surface area contributed by atoms with Crippen molar-refractivity contribution >= 4 is 10.1 Å². The van der Waals surface area contributed by atoms with E-state index in [-0.39, 0.29) is 11.0 Å². The molecule has 4 heteroatoms. The topological polar surface area (TPSA) is 43.4 Å². The Morgan fingerprint density at radius 1 is 1.25 bits per heavy atom. The molecule has 20 heavy (non-hydrogen) atoms. The van der Waals surface area contributed by atoms with Gasteiger partial charge in [0.15, 0.2) is 0 Å². The first-order valence-electron chi connectivity index (χ1n) is 7.10. The monoisotopic (exact) mass is 296 g/mol. The molecule has 1 aromatic rings. The van der Waals surface area contributed by atoms with Gasteiger partial charge in [-0.15, -0.1) is 6.58 Å². The number of hydrogen-bond donors (Lipinski definition) is 0. The van der Waals surface area contributed by atoms with E-state index in [1.165, 1.54) is 0 Å². The van der Waals surface area contributed by atoms with Crippen molar-refractivity contribution in [2.75, 3.05) is 0 Å². The second-order valence-corrected chi connectivity index (χ2v) is 6.58. The van der Waals surface area contributed by atoms with Crippen LogP contribution in [0.5, 0.6) is 0 Å². The van der Waals surface area contributed by atoms with Gasteiger partial charge < -0.3 is 0 Å². The zero-order valence-electron chi connectivity index (χ0n) is 12.3. The van der Waals surface area contributed by atoms with Gasteiger partial charge in [-0.25, -0.2) is 0 Å². The fourth-order valence-electron chi connectivity index (χ4n) is 1.95.